The van der Waals surface area contributed by atoms with Crippen molar-refractivity contribution in [3.63, 3.8) is 0 Å². The van der Waals surface area contributed by atoms with Gasteiger partial charge >= 0.3 is 0 Å². The first-order valence-corrected chi connectivity index (χ1v) is 9.10. The molecule has 21 heavy (non-hydrogen) atoms. The lowest BCUT2D eigenvalue weighted by atomic mass is 9.85. The minimum absolute atomic E-state index is 0.00864. The molecule has 7 heteroatoms. The standard InChI is InChI=1S/C14H21N3O2S2/c1-2-10-5-7-11(8-6-10)17-21(18,19)12-4-3-9-16-13(12)14(15)20/h3-4,9-11,17H,2,5-8H2,1H3,(H2,15,20). The van der Waals surface area contributed by atoms with E-state index in [1.807, 2.05) is 0 Å². The fourth-order valence-electron chi connectivity index (χ4n) is 2.76. The molecule has 1 aliphatic rings. The third-order valence-electron chi connectivity index (χ3n) is 4.04. The van der Waals surface area contributed by atoms with Crippen molar-refractivity contribution < 1.29 is 8.42 Å². The average Bonchev–Trinajstić information content (AvgIpc) is 2.47. The molecule has 1 aromatic rings. The van der Waals surface area contributed by atoms with Crippen LogP contribution < -0.4 is 10.5 Å². The molecule has 0 aromatic carbocycles. The SMILES string of the molecule is CCC1CCC(NS(=O)(=O)c2cccnc2C(N)=S)CC1. The van der Waals surface area contributed by atoms with Gasteiger partial charge in [0.1, 0.15) is 15.6 Å². The van der Waals surface area contributed by atoms with Crippen LogP contribution in [0, 0.1) is 5.92 Å². The summed E-state index contributed by atoms with van der Waals surface area (Å²) in [5.74, 6) is 0.719. The predicted molar refractivity (Wildman–Crippen MR) is 86.5 cm³/mol. The molecule has 5 nitrogen and oxygen atoms in total. The molecule has 0 radical (unpaired) electrons. The van der Waals surface area contributed by atoms with Gasteiger partial charge in [-0.2, -0.15) is 0 Å². The number of rotatable bonds is 5. The van der Waals surface area contributed by atoms with E-state index < -0.39 is 10.0 Å². The highest BCUT2D eigenvalue weighted by molar-refractivity contribution is 7.89. The Bertz CT molecular complexity index is 608. The van der Waals surface area contributed by atoms with Gasteiger partial charge in [-0.3, -0.25) is 4.98 Å². The van der Waals surface area contributed by atoms with E-state index >= 15 is 0 Å². The van der Waals surface area contributed by atoms with E-state index in [0.717, 1.165) is 38.0 Å². The molecule has 0 saturated heterocycles. The van der Waals surface area contributed by atoms with Gasteiger partial charge in [-0.15, -0.1) is 0 Å². The summed E-state index contributed by atoms with van der Waals surface area (Å²) >= 11 is 4.88. The number of pyridine rings is 1. The number of hydrogen-bond acceptors (Lipinski definition) is 4. The summed E-state index contributed by atoms with van der Waals surface area (Å²) in [6.07, 6.45) is 6.53. The van der Waals surface area contributed by atoms with Crippen molar-refractivity contribution in [3.05, 3.63) is 24.0 Å². The molecule has 0 spiro atoms. The molecule has 0 bridgehead atoms. The Labute approximate surface area is 131 Å². The largest absolute Gasteiger partial charge is 0.388 e. The molecule has 3 N–H and O–H groups in total. The fourth-order valence-corrected chi connectivity index (χ4v) is 4.47. The summed E-state index contributed by atoms with van der Waals surface area (Å²) in [6, 6.07) is 3.04. The zero-order valence-corrected chi connectivity index (χ0v) is 13.7. The lowest BCUT2D eigenvalue weighted by Crippen LogP contribution is -2.38. The number of hydrogen-bond donors (Lipinski definition) is 2. The Morgan fingerprint density at radius 3 is 2.67 bits per heavy atom. The Kier molecular flexibility index (Phi) is 5.29. The second-order valence-corrected chi connectivity index (χ2v) is 7.58. The van der Waals surface area contributed by atoms with Crippen LogP contribution in [-0.2, 0) is 10.0 Å². The Balaban J connectivity index is 2.15. The van der Waals surface area contributed by atoms with Crippen molar-refractivity contribution >= 4 is 27.2 Å². The minimum Gasteiger partial charge on any atom is -0.388 e. The van der Waals surface area contributed by atoms with E-state index in [0.29, 0.717) is 0 Å². The van der Waals surface area contributed by atoms with E-state index in [9.17, 15) is 8.42 Å². The zero-order valence-electron chi connectivity index (χ0n) is 12.1. The third kappa shape index (κ3) is 3.99. The van der Waals surface area contributed by atoms with Gasteiger partial charge in [-0.25, -0.2) is 13.1 Å². The number of nitrogens with two attached hydrogens (primary N) is 1. The molecular formula is C14H21N3O2S2. The molecule has 1 heterocycles. The first-order valence-electron chi connectivity index (χ1n) is 7.21. The molecule has 1 aromatic heterocycles. The third-order valence-corrected chi connectivity index (χ3v) is 5.78. The van der Waals surface area contributed by atoms with Gasteiger partial charge in [0, 0.05) is 12.2 Å². The van der Waals surface area contributed by atoms with Crippen LogP contribution in [0.25, 0.3) is 0 Å². The average molecular weight is 327 g/mol. The van der Waals surface area contributed by atoms with Crippen LogP contribution in [-0.4, -0.2) is 24.4 Å². The highest BCUT2D eigenvalue weighted by atomic mass is 32.2. The van der Waals surface area contributed by atoms with E-state index in [1.165, 1.54) is 12.3 Å². The summed E-state index contributed by atoms with van der Waals surface area (Å²) in [5.41, 5.74) is 5.71. The first kappa shape index (κ1) is 16.3. The van der Waals surface area contributed by atoms with Gasteiger partial charge in [0.05, 0.1) is 0 Å². The number of thiocarbonyl (C=S) groups is 1. The molecule has 0 aliphatic heterocycles. The Morgan fingerprint density at radius 2 is 2.10 bits per heavy atom. The van der Waals surface area contributed by atoms with Crippen LogP contribution in [0.2, 0.25) is 0 Å². The molecule has 1 saturated carbocycles. The van der Waals surface area contributed by atoms with Gasteiger partial charge in [-0.05, 0) is 43.7 Å². The van der Waals surface area contributed by atoms with Crippen molar-refractivity contribution in [2.75, 3.05) is 0 Å². The Morgan fingerprint density at radius 1 is 1.43 bits per heavy atom. The summed E-state index contributed by atoms with van der Waals surface area (Å²) in [7, 11) is -3.64. The number of aromatic nitrogens is 1. The summed E-state index contributed by atoms with van der Waals surface area (Å²) < 4.78 is 27.8. The quantitative estimate of drug-likeness (QED) is 0.808. The van der Waals surface area contributed by atoms with Crippen molar-refractivity contribution in [1.29, 1.82) is 0 Å². The summed E-state index contributed by atoms with van der Waals surface area (Å²) in [4.78, 5) is 4.03. The summed E-state index contributed by atoms with van der Waals surface area (Å²) in [6.45, 7) is 2.18. The highest BCUT2D eigenvalue weighted by Crippen LogP contribution is 2.27. The normalized spacial score (nSPS) is 22.9. The van der Waals surface area contributed by atoms with Crippen LogP contribution in [0.3, 0.4) is 0 Å². The van der Waals surface area contributed by atoms with Crippen molar-refractivity contribution in [1.82, 2.24) is 9.71 Å². The van der Waals surface area contributed by atoms with E-state index in [1.54, 1.807) is 6.07 Å². The van der Waals surface area contributed by atoms with Gasteiger partial charge in [0.15, 0.2) is 0 Å². The van der Waals surface area contributed by atoms with E-state index in [4.69, 9.17) is 18.0 Å². The van der Waals surface area contributed by atoms with Crippen molar-refractivity contribution in [3.8, 4) is 0 Å². The molecule has 0 atom stereocenters. The van der Waals surface area contributed by atoms with Crippen molar-refractivity contribution in [2.24, 2.45) is 11.7 Å². The maximum atomic E-state index is 12.5. The van der Waals surface area contributed by atoms with Crippen LogP contribution in [0.5, 0.6) is 0 Å². The van der Waals surface area contributed by atoms with Gasteiger partial charge in [0.25, 0.3) is 0 Å². The Hall–Kier alpha value is -1.05. The maximum absolute atomic E-state index is 12.5. The number of nitrogens with one attached hydrogen (secondary N) is 1. The molecular weight excluding hydrogens is 306 g/mol. The second-order valence-electron chi connectivity index (χ2n) is 5.46. The molecule has 2 rings (SSSR count). The first-order chi connectivity index (χ1) is 9.94. The van der Waals surface area contributed by atoms with E-state index in [-0.39, 0.29) is 21.6 Å². The summed E-state index contributed by atoms with van der Waals surface area (Å²) in [5, 5.41) is 0. The van der Waals surface area contributed by atoms with Gasteiger partial charge in [-0.1, -0.05) is 25.6 Å². The lowest BCUT2D eigenvalue weighted by Gasteiger charge is -2.28. The van der Waals surface area contributed by atoms with Gasteiger partial charge in [0.2, 0.25) is 10.0 Å². The zero-order chi connectivity index (χ0) is 15.5. The predicted octanol–water partition coefficient (Wildman–Crippen LogP) is 1.96. The van der Waals surface area contributed by atoms with Crippen LogP contribution in [0.1, 0.15) is 44.7 Å². The lowest BCUT2D eigenvalue weighted by molar-refractivity contribution is 0.306. The molecule has 1 aliphatic carbocycles. The van der Waals surface area contributed by atoms with Crippen LogP contribution in [0.4, 0.5) is 0 Å². The van der Waals surface area contributed by atoms with E-state index in [2.05, 4.69) is 16.6 Å². The van der Waals surface area contributed by atoms with Crippen molar-refractivity contribution in [2.45, 2.75) is 50.0 Å². The minimum atomic E-state index is -3.64. The molecule has 0 unspecified atom stereocenters. The molecule has 1 fully saturated rings. The topological polar surface area (TPSA) is 85.1 Å². The smallest absolute Gasteiger partial charge is 0.243 e. The number of nitrogens with zero attached hydrogens (tertiary/aromatic N) is 1. The number of sulfonamides is 1. The molecule has 116 valence electrons. The van der Waals surface area contributed by atoms with Crippen LogP contribution in [0.15, 0.2) is 23.2 Å². The molecule has 0 amide bonds. The fraction of sp³-hybridized carbons (Fsp3) is 0.571. The highest BCUT2D eigenvalue weighted by Gasteiger charge is 2.27. The van der Waals surface area contributed by atoms with Gasteiger partial charge < -0.3 is 5.73 Å². The maximum Gasteiger partial charge on any atom is 0.243 e. The van der Waals surface area contributed by atoms with Crippen LogP contribution >= 0.6 is 12.2 Å². The monoisotopic (exact) mass is 327 g/mol. The second kappa shape index (κ2) is 6.81.